The van der Waals surface area contributed by atoms with Crippen LogP contribution in [0.25, 0.3) is 40.0 Å². The fraction of sp³-hybridized carbons (Fsp3) is 0.0690. The molecule has 2 N–H and O–H groups in total. The van der Waals surface area contributed by atoms with Crippen molar-refractivity contribution in [3.05, 3.63) is 99.7 Å². The molecular formula is C29H21Cl2N3O3S. The summed E-state index contributed by atoms with van der Waals surface area (Å²) in [6, 6.07) is 20.4. The molecule has 38 heavy (non-hydrogen) atoms. The maximum absolute atomic E-state index is 12.4. The molecule has 0 spiro atoms. The van der Waals surface area contributed by atoms with Gasteiger partial charge in [0.25, 0.3) is 0 Å². The van der Waals surface area contributed by atoms with Gasteiger partial charge in [-0.2, -0.15) is 0 Å². The van der Waals surface area contributed by atoms with Crippen LogP contribution in [0.5, 0.6) is 0 Å². The molecule has 0 saturated heterocycles. The molecule has 2 heterocycles. The lowest BCUT2D eigenvalue weighted by Crippen LogP contribution is -2.32. The first-order valence-electron chi connectivity index (χ1n) is 11.6. The summed E-state index contributed by atoms with van der Waals surface area (Å²) in [7, 11) is 0. The van der Waals surface area contributed by atoms with Gasteiger partial charge in [-0.25, -0.2) is 4.98 Å². The number of hydrogen-bond donors (Lipinski definition) is 2. The van der Waals surface area contributed by atoms with E-state index in [1.807, 2.05) is 38.1 Å². The Morgan fingerprint density at radius 1 is 0.974 bits per heavy atom. The molecule has 6 nitrogen and oxygen atoms in total. The number of rotatable bonds is 5. The lowest BCUT2D eigenvalue weighted by atomic mass is 10.1. The van der Waals surface area contributed by atoms with Gasteiger partial charge in [0, 0.05) is 22.9 Å². The van der Waals surface area contributed by atoms with Crippen LogP contribution in [0.2, 0.25) is 10.0 Å². The summed E-state index contributed by atoms with van der Waals surface area (Å²) in [5, 5.41) is 6.59. The number of furan rings is 1. The molecule has 0 fully saturated rings. The molecule has 3 aromatic carbocycles. The predicted molar refractivity (Wildman–Crippen MR) is 156 cm³/mol. The van der Waals surface area contributed by atoms with Gasteiger partial charge in [0.2, 0.25) is 11.8 Å². The largest absolute Gasteiger partial charge is 0.457 e. The second kappa shape index (κ2) is 10.8. The molecule has 5 rings (SSSR count). The van der Waals surface area contributed by atoms with Gasteiger partial charge in [-0.1, -0.05) is 46.5 Å². The Bertz CT molecular complexity index is 1700. The van der Waals surface area contributed by atoms with Crippen LogP contribution in [0.4, 0.5) is 5.69 Å². The van der Waals surface area contributed by atoms with Crippen molar-refractivity contribution in [2.75, 3.05) is 5.32 Å². The number of hydrogen-bond acceptors (Lipinski definition) is 5. The third kappa shape index (κ3) is 5.81. The fourth-order valence-electron chi connectivity index (χ4n) is 3.98. The lowest BCUT2D eigenvalue weighted by Gasteiger charge is -2.07. The van der Waals surface area contributed by atoms with E-state index in [1.54, 1.807) is 36.4 Å². The van der Waals surface area contributed by atoms with Crippen LogP contribution in [-0.4, -0.2) is 16.0 Å². The van der Waals surface area contributed by atoms with Gasteiger partial charge >= 0.3 is 0 Å². The molecule has 5 aromatic rings. The van der Waals surface area contributed by atoms with Crippen molar-refractivity contribution in [3.63, 3.8) is 0 Å². The Kier molecular flexibility index (Phi) is 7.33. The van der Waals surface area contributed by atoms with Crippen LogP contribution >= 0.6 is 35.4 Å². The highest BCUT2D eigenvalue weighted by Gasteiger charge is 2.12. The average Bonchev–Trinajstić information content (AvgIpc) is 3.51. The third-order valence-corrected chi connectivity index (χ3v) is 6.62. The van der Waals surface area contributed by atoms with Crippen LogP contribution in [0, 0.1) is 13.8 Å². The summed E-state index contributed by atoms with van der Waals surface area (Å²) in [6.45, 7) is 4.07. The van der Waals surface area contributed by atoms with Crippen molar-refractivity contribution in [1.29, 1.82) is 0 Å². The van der Waals surface area contributed by atoms with Gasteiger partial charge in [0.1, 0.15) is 17.0 Å². The molecule has 0 radical (unpaired) electrons. The zero-order valence-electron chi connectivity index (χ0n) is 20.3. The molecule has 2 aromatic heterocycles. The first kappa shape index (κ1) is 25.7. The molecule has 0 unspecified atom stereocenters. The second-order valence-corrected chi connectivity index (χ2v) is 9.85. The number of fused-ring (bicyclic) bond motifs is 1. The third-order valence-electron chi connectivity index (χ3n) is 5.59. The molecular weight excluding hydrogens is 541 g/mol. The van der Waals surface area contributed by atoms with Gasteiger partial charge < -0.3 is 14.2 Å². The van der Waals surface area contributed by atoms with Crippen molar-refractivity contribution < 1.29 is 13.6 Å². The number of aromatic nitrogens is 1. The Balaban J connectivity index is 1.22. The summed E-state index contributed by atoms with van der Waals surface area (Å²) in [6.07, 6.45) is 2.86. The molecule has 0 aliphatic carbocycles. The highest BCUT2D eigenvalue weighted by atomic mass is 35.5. The van der Waals surface area contributed by atoms with Gasteiger partial charge in [-0.3, -0.25) is 10.1 Å². The first-order chi connectivity index (χ1) is 18.2. The van der Waals surface area contributed by atoms with E-state index in [4.69, 9.17) is 44.3 Å². The highest BCUT2D eigenvalue weighted by molar-refractivity contribution is 7.80. The number of benzene rings is 3. The van der Waals surface area contributed by atoms with Crippen molar-refractivity contribution in [3.8, 4) is 22.8 Å². The molecule has 0 aliphatic rings. The van der Waals surface area contributed by atoms with E-state index >= 15 is 0 Å². The monoisotopic (exact) mass is 561 g/mol. The number of anilines is 1. The number of oxazole rings is 1. The minimum absolute atomic E-state index is 0.142. The molecule has 9 heteroatoms. The van der Waals surface area contributed by atoms with Crippen LogP contribution in [0.1, 0.15) is 16.9 Å². The second-order valence-electron chi connectivity index (χ2n) is 8.66. The van der Waals surface area contributed by atoms with Crippen LogP contribution in [0.3, 0.4) is 0 Å². The van der Waals surface area contributed by atoms with Crippen molar-refractivity contribution in [2.24, 2.45) is 0 Å². The zero-order valence-corrected chi connectivity index (χ0v) is 22.7. The lowest BCUT2D eigenvalue weighted by molar-refractivity contribution is -0.115. The van der Waals surface area contributed by atoms with E-state index < -0.39 is 5.91 Å². The maximum atomic E-state index is 12.4. The Labute approximate surface area is 234 Å². The summed E-state index contributed by atoms with van der Waals surface area (Å²) < 4.78 is 11.7. The highest BCUT2D eigenvalue weighted by Crippen LogP contribution is 2.34. The van der Waals surface area contributed by atoms with E-state index in [0.29, 0.717) is 49.8 Å². The average molecular weight is 562 g/mol. The summed E-state index contributed by atoms with van der Waals surface area (Å²) in [5.41, 5.74) is 5.85. The topological polar surface area (TPSA) is 80.3 Å². The number of aryl methyl sites for hydroxylation is 2. The minimum Gasteiger partial charge on any atom is -0.457 e. The van der Waals surface area contributed by atoms with E-state index in [9.17, 15) is 4.79 Å². The molecule has 0 aliphatic heterocycles. The molecule has 0 bridgehead atoms. The van der Waals surface area contributed by atoms with Crippen molar-refractivity contribution >= 4 is 69.3 Å². The summed E-state index contributed by atoms with van der Waals surface area (Å²) in [4.78, 5) is 17.0. The number of nitrogens with one attached hydrogen (secondary N) is 2. The number of nitrogens with zero attached hydrogens (tertiary/aromatic N) is 1. The number of thiocarbonyl (C=S) groups is 1. The van der Waals surface area contributed by atoms with E-state index in [1.165, 1.54) is 12.2 Å². The maximum Gasteiger partial charge on any atom is 0.250 e. The number of carbonyl (C=O) groups is 1. The van der Waals surface area contributed by atoms with Gasteiger partial charge in [0.05, 0.1) is 10.0 Å². The summed E-state index contributed by atoms with van der Waals surface area (Å²) in [5.74, 6) is 1.14. The van der Waals surface area contributed by atoms with Crippen molar-refractivity contribution in [1.82, 2.24) is 10.3 Å². The molecule has 1 amide bonds. The Hall–Kier alpha value is -3.91. The SMILES string of the molecule is Cc1cc(C)cc(-c2nc3cc(NC(=S)NC(=O)C=Cc4ccc(-c5cccc(Cl)c5Cl)o4)ccc3o2)c1. The zero-order chi connectivity index (χ0) is 26.8. The van der Waals surface area contributed by atoms with Gasteiger partial charge in [-0.15, -0.1) is 0 Å². The van der Waals surface area contributed by atoms with E-state index in [0.717, 1.165) is 16.7 Å². The predicted octanol–water partition coefficient (Wildman–Crippen LogP) is 8.20. The van der Waals surface area contributed by atoms with Crippen LogP contribution < -0.4 is 10.6 Å². The van der Waals surface area contributed by atoms with Crippen molar-refractivity contribution in [2.45, 2.75) is 13.8 Å². The smallest absolute Gasteiger partial charge is 0.250 e. The van der Waals surface area contributed by atoms with E-state index in [2.05, 4.69) is 21.7 Å². The molecule has 0 atom stereocenters. The van der Waals surface area contributed by atoms with Gasteiger partial charge in [0.15, 0.2) is 10.7 Å². The van der Waals surface area contributed by atoms with Gasteiger partial charge in [-0.05, 0) is 86.7 Å². The minimum atomic E-state index is -0.416. The number of carbonyl (C=O) groups excluding carboxylic acids is 1. The molecule has 190 valence electrons. The van der Waals surface area contributed by atoms with Crippen LogP contribution in [0.15, 0.2) is 81.6 Å². The summed E-state index contributed by atoms with van der Waals surface area (Å²) >= 11 is 17.6. The fourth-order valence-corrected chi connectivity index (χ4v) is 4.59. The van der Waals surface area contributed by atoms with E-state index in [-0.39, 0.29) is 5.11 Å². The first-order valence-corrected chi connectivity index (χ1v) is 12.7. The Morgan fingerprint density at radius 2 is 1.76 bits per heavy atom. The number of halogens is 2. The normalized spacial score (nSPS) is 11.3. The quantitative estimate of drug-likeness (QED) is 0.166. The standard InChI is InChI=1S/C29H21Cl2N3O3S/c1-16-12-17(2)14-18(13-16)28-33-23-15-19(6-9-25(23)37-28)32-29(38)34-26(35)11-8-20-7-10-24(36-20)21-4-3-5-22(30)27(21)31/h3-15H,1-2H3,(H2,32,34,35,38). The van der Waals surface area contributed by atoms with Crippen LogP contribution in [-0.2, 0) is 4.79 Å². The Morgan fingerprint density at radius 3 is 2.55 bits per heavy atom. The molecule has 0 saturated carbocycles. The number of amides is 1.